The van der Waals surface area contributed by atoms with Crippen LogP contribution in [-0.2, 0) is 13.5 Å². The van der Waals surface area contributed by atoms with Gasteiger partial charge >= 0.3 is 0 Å². The van der Waals surface area contributed by atoms with Gasteiger partial charge in [-0.1, -0.05) is 36.4 Å². The Morgan fingerprint density at radius 3 is 2.61 bits per heavy atom. The van der Waals surface area contributed by atoms with E-state index in [1.807, 2.05) is 13.8 Å². The second-order valence-electron chi connectivity index (χ2n) is 9.46. The number of aromatic nitrogens is 2. The van der Waals surface area contributed by atoms with Crippen molar-refractivity contribution in [1.82, 2.24) is 4.40 Å². The lowest BCUT2D eigenvalue weighted by molar-refractivity contribution is -0.644. The molecule has 3 heterocycles. The summed E-state index contributed by atoms with van der Waals surface area (Å²) in [7, 11) is 2.15. The highest BCUT2D eigenvalue weighted by Gasteiger charge is 2.26. The Balaban J connectivity index is 1.89. The van der Waals surface area contributed by atoms with E-state index in [0.29, 0.717) is 0 Å². The van der Waals surface area contributed by atoms with Crippen molar-refractivity contribution in [1.29, 1.82) is 0 Å². The molecule has 0 fully saturated rings. The molecule has 0 unspecified atom stereocenters. The third-order valence-corrected chi connectivity index (χ3v) is 6.76. The average molecular weight is 403 g/mol. The third-order valence-electron chi connectivity index (χ3n) is 6.76. The first-order valence-electron chi connectivity index (χ1n) is 10.8. The number of benzene rings is 3. The second-order valence-corrected chi connectivity index (χ2v) is 9.46. The van der Waals surface area contributed by atoms with Gasteiger partial charge < -0.3 is 9.25 Å². The van der Waals surface area contributed by atoms with Gasteiger partial charge in [0.1, 0.15) is 12.6 Å². The van der Waals surface area contributed by atoms with Gasteiger partial charge in [0.2, 0.25) is 11.1 Å². The average Bonchev–Trinajstić information content (AvgIpc) is 3.08. The number of hydrogen-bond donors (Lipinski definition) is 0. The molecule has 3 aromatic heterocycles. The van der Waals surface area contributed by atoms with E-state index in [9.17, 15) is 0 Å². The number of aryl methyl sites for hydroxylation is 2. The summed E-state index contributed by atoms with van der Waals surface area (Å²) in [6.45, 7) is 13.8. The van der Waals surface area contributed by atoms with Crippen LogP contribution in [0.15, 0.2) is 60.8 Å². The second kappa shape index (κ2) is 5.95. The first-order valence-corrected chi connectivity index (χ1v) is 10.8. The van der Waals surface area contributed by atoms with E-state index in [2.05, 4.69) is 88.6 Å². The third kappa shape index (κ3) is 2.36. The molecule has 0 bridgehead atoms. The molecule has 150 valence electrons. The monoisotopic (exact) mass is 402 g/mol. The van der Waals surface area contributed by atoms with Crippen LogP contribution < -0.4 is 4.57 Å². The summed E-state index contributed by atoms with van der Waals surface area (Å²) in [5, 5.41) is 6.48. The van der Waals surface area contributed by atoms with Gasteiger partial charge in [-0.3, -0.25) is 0 Å². The molecule has 6 rings (SSSR count). The summed E-state index contributed by atoms with van der Waals surface area (Å²) >= 11 is 0. The Morgan fingerprint density at radius 1 is 0.968 bits per heavy atom. The van der Waals surface area contributed by atoms with Gasteiger partial charge in [-0.05, 0) is 35.6 Å². The zero-order valence-electron chi connectivity index (χ0n) is 18.3. The summed E-state index contributed by atoms with van der Waals surface area (Å²) in [4.78, 5) is 3.83. The number of pyridine rings is 2. The summed E-state index contributed by atoms with van der Waals surface area (Å²) in [6, 6.07) is 20.1. The van der Waals surface area contributed by atoms with Crippen molar-refractivity contribution in [2.75, 3.05) is 0 Å². The predicted octanol–water partition coefficient (Wildman–Crippen LogP) is 6.36. The fraction of sp³-hybridized carbons (Fsp3) is 0.214. The van der Waals surface area contributed by atoms with Crippen molar-refractivity contribution in [3.05, 3.63) is 83.3 Å². The molecule has 3 nitrogen and oxygen atoms in total. The molecule has 0 atom stereocenters. The summed E-state index contributed by atoms with van der Waals surface area (Å²) < 4.78 is 4.71. The van der Waals surface area contributed by atoms with E-state index >= 15 is 0 Å². The minimum absolute atomic E-state index is 0.400. The van der Waals surface area contributed by atoms with Crippen molar-refractivity contribution in [2.45, 2.75) is 32.7 Å². The topological polar surface area (TPSA) is 12.7 Å². The Bertz CT molecular complexity index is 1710. The maximum Gasteiger partial charge on any atom is 0.238 e. The van der Waals surface area contributed by atoms with Gasteiger partial charge in [0, 0.05) is 36.1 Å². The molecule has 0 aliphatic carbocycles. The molecule has 0 saturated heterocycles. The highest BCUT2D eigenvalue weighted by molar-refractivity contribution is 6.25. The Labute approximate surface area is 181 Å². The number of nitrogens with zero attached hydrogens (tertiary/aromatic N) is 3. The molecule has 0 spiro atoms. The SMILES string of the molecule is [C-]#[N+]C(C)(C)Cc1ccc2c3cc[n+](C)c4c5c(C)ccc6cccc(c65)n(c2c1)c34. The molecule has 3 heteroatoms. The molecule has 0 N–H and O–H groups in total. The molecule has 0 aliphatic heterocycles. The van der Waals surface area contributed by atoms with Crippen LogP contribution in [0.1, 0.15) is 25.0 Å². The molecule has 0 aliphatic rings. The Kier molecular flexibility index (Phi) is 3.49. The number of fused-ring (bicyclic) bond motifs is 5. The van der Waals surface area contributed by atoms with Crippen molar-refractivity contribution in [3.63, 3.8) is 0 Å². The normalized spacial score (nSPS) is 12.6. The van der Waals surface area contributed by atoms with Crippen LogP contribution in [0.2, 0.25) is 0 Å². The van der Waals surface area contributed by atoms with E-state index in [1.165, 1.54) is 60.1 Å². The molecule has 6 aromatic rings. The smallest absolute Gasteiger partial charge is 0.238 e. The van der Waals surface area contributed by atoms with Gasteiger partial charge in [-0.15, -0.1) is 0 Å². The van der Waals surface area contributed by atoms with Crippen LogP contribution in [0.25, 0.3) is 53.8 Å². The van der Waals surface area contributed by atoms with Crippen molar-refractivity contribution < 1.29 is 4.57 Å². The van der Waals surface area contributed by atoms with Gasteiger partial charge in [-0.25, -0.2) is 6.57 Å². The molecule has 0 radical (unpaired) electrons. The van der Waals surface area contributed by atoms with E-state index in [1.54, 1.807) is 0 Å². The van der Waals surface area contributed by atoms with Gasteiger partial charge in [0.05, 0.1) is 22.8 Å². The fourth-order valence-corrected chi connectivity index (χ4v) is 5.34. The van der Waals surface area contributed by atoms with E-state index in [4.69, 9.17) is 6.57 Å². The molecule has 31 heavy (non-hydrogen) atoms. The predicted molar refractivity (Wildman–Crippen MR) is 129 cm³/mol. The first-order chi connectivity index (χ1) is 14.9. The summed E-state index contributed by atoms with van der Waals surface area (Å²) in [5.74, 6) is 0. The fourth-order valence-electron chi connectivity index (χ4n) is 5.34. The van der Waals surface area contributed by atoms with Crippen molar-refractivity contribution >= 4 is 49.0 Å². The highest BCUT2D eigenvalue weighted by Crippen LogP contribution is 2.40. The van der Waals surface area contributed by atoms with Gasteiger partial charge in [0.15, 0.2) is 6.20 Å². The van der Waals surface area contributed by atoms with Crippen molar-refractivity contribution in [3.8, 4) is 0 Å². The molecule has 3 aromatic carbocycles. The largest absolute Gasteiger partial charge is 0.311 e. The van der Waals surface area contributed by atoms with Crippen LogP contribution in [-0.4, -0.2) is 9.94 Å². The first kappa shape index (κ1) is 18.2. The molecule has 0 amide bonds. The molecular weight excluding hydrogens is 378 g/mol. The van der Waals surface area contributed by atoms with Crippen LogP contribution in [0.4, 0.5) is 0 Å². The lowest BCUT2D eigenvalue weighted by Crippen LogP contribution is -2.28. The minimum Gasteiger partial charge on any atom is -0.311 e. The zero-order chi connectivity index (χ0) is 21.5. The maximum atomic E-state index is 7.54. The lowest BCUT2D eigenvalue weighted by atomic mass is 9.95. The minimum atomic E-state index is -0.400. The van der Waals surface area contributed by atoms with Gasteiger partial charge in [-0.2, -0.15) is 4.57 Å². The highest BCUT2D eigenvalue weighted by atomic mass is 15.0. The summed E-state index contributed by atoms with van der Waals surface area (Å²) in [5.41, 5.74) is 7.13. The lowest BCUT2D eigenvalue weighted by Gasteiger charge is -2.13. The van der Waals surface area contributed by atoms with E-state index < -0.39 is 5.54 Å². The number of rotatable bonds is 2. The maximum absolute atomic E-state index is 7.54. The van der Waals surface area contributed by atoms with E-state index in [-0.39, 0.29) is 0 Å². The Hall–Kier alpha value is -3.64. The Morgan fingerprint density at radius 2 is 1.81 bits per heavy atom. The van der Waals surface area contributed by atoms with Crippen molar-refractivity contribution in [2.24, 2.45) is 7.05 Å². The molecular formula is C28H24N3+. The van der Waals surface area contributed by atoms with Gasteiger partial charge in [0.25, 0.3) is 0 Å². The van der Waals surface area contributed by atoms with Crippen LogP contribution in [0.5, 0.6) is 0 Å². The molecule has 0 saturated carbocycles. The van der Waals surface area contributed by atoms with Crippen LogP contribution >= 0.6 is 0 Å². The zero-order valence-corrected chi connectivity index (χ0v) is 18.3. The van der Waals surface area contributed by atoms with Crippen LogP contribution in [0.3, 0.4) is 0 Å². The van der Waals surface area contributed by atoms with Crippen LogP contribution in [0, 0.1) is 13.5 Å². The standard InChI is InChI=1S/C28H24N3/c1-17-9-11-19-7-6-8-22-25(19)24(17)27-26-21(13-14-30(27)5)20-12-10-18(15-23(20)31(22)26)16-28(2,3)29-4/h6-15H,16H2,1-3,5H3/q+1. The number of hydrogen-bond acceptors (Lipinski definition) is 0. The van der Waals surface area contributed by atoms with E-state index in [0.717, 1.165) is 6.42 Å². The quantitative estimate of drug-likeness (QED) is 0.138. The summed E-state index contributed by atoms with van der Waals surface area (Å²) in [6.07, 6.45) is 2.93.